The number of benzene rings is 1. The average Bonchev–Trinajstić information content (AvgIpc) is 2.30. The number of carboxylic acids is 1. The second-order valence-electron chi connectivity index (χ2n) is 4.05. The molecule has 1 rings (SSSR count). The first-order valence-electron chi connectivity index (χ1n) is 5.84. The lowest BCUT2D eigenvalue weighted by molar-refractivity contribution is 0.0691. The summed E-state index contributed by atoms with van der Waals surface area (Å²) in [6.45, 7) is 4.71. The molecule has 1 aromatic carbocycles. The molecule has 0 atom stereocenters. The van der Waals surface area contributed by atoms with Crippen molar-refractivity contribution >= 4 is 11.7 Å². The number of ether oxygens (including phenoxy) is 1. The van der Waals surface area contributed by atoms with Gasteiger partial charge in [-0.15, -0.1) is 0 Å². The Morgan fingerprint density at radius 2 is 2.06 bits per heavy atom. The number of nitrogen functional groups attached to an aromatic ring is 1. The summed E-state index contributed by atoms with van der Waals surface area (Å²) in [5, 5.41) is 9.02. The Morgan fingerprint density at radius 3 is 2.59 bits per heavy atom. The summed E-state index contributed by atoms with van der Waals surface area (Å²) in [7, 11) is 0. The molecule has 4 nitrogen and oxygen atoms in total. The minimum Gasteiger partial charge on any atom is -0.492 e. The molecule has 3 N–H and O–H groups in total. The quantitative estimate of drug-likeness (QED) is 0.746. The third-order valence-corrected chi connectivity index (χ3v) is 2.87. The van der Waals surface area contributed by atoms with Crippen molar-refractivity contribution in [3.8, 4) is 5.75 Å². The van der Waals surface area contributed by atoms with Crippen molar-refractivity contribution in [1.82, 2.24) is 0 Å². The second kappa shape index (κ2) is 6.13. The topological polar surface area (TPSA) is 72.5 Å². The van der Waals surface area contributed by atoms with Crippen molar-refractivity contribution in [3.63, 3.8) is 0 Å². The normalized spacial score (nSPS) is 10.5. The fourth-order valence-electron chi connectivity index (χ4n) is 1.57. The van der Waals surface area contributed by atoms with E-state index in [0.717, 1.165) is 12.8 Å². The van der Waals surface area contributed by atoms with Crippen LogP contribution in [-0.4, -0.2) is 17.7 Å². The van der Waals surface area contributed by atoms with Crippen LogP contribution in [0.4, 0.5) is 5.69 Å². The zero-order valence-corrected chi connectivity index (χ0v) is 10.3. The van der Waals surface area contributed by atoms with Gasteiger partial charge in [0.2, 0.25) is 0 Å². The lowest BCUT2D eigenvalue weighted by atomic mass is 10.1. The molecule has 0 bridgehead atoms. The maximum atomic E-state index is 11.0. The van der Waals surface area contributed by atoms with Gasteiger partial charge in [0.15, 0.2) is 0 Å². The van der Waals surface area contributed by atoms with Crippen LogP contribution < -0.4 is 10.5 Å². The Balaban J connectivity index is 2.81. The Bertz CT molecular complexity index is 386. The standard InChI is InChI=1S/C13H19NO3/c1-3-9(4-2)8-17-12-7-10(14)5-6-11(12)13(15)16/h5-7,9H,3-4,8,14H2,1-2H3,(H,15,16). The number of rotatable bonds is 6. The minimum atomic E-state index is -0.996. The fraction of sp³-hybridized carbons (Fsp3) is 0.462. The summed E-state index contributed by atoms with van der Waals surface area (Å²) in [5.41, 5.74) is 6.29. The van der Waals surface area contributed by atoms with Gasteiger partial charge in [-0.05, 0) is 18.1 Å². The number of carboxylic acid groups (broad SMARTS) is 1. The molecule has 0 radical (unpaired) electrons. The van der Waals surface area contributed by atoms with Crippen LogP contribution in [-0.2, 0) is 0 Å². The van der Waals surface area contributed by atoms with E-state index in [-0.39, 0.29) is 5.56 Å². The van der Waals surface area contributed by atoms with Crippen molar-refractivity contribution in [2.75, 3.05) is 12.3 Å². The van der Waals surface area contributed by atoms with E-state index in [4.69, 9.17) is 15.6 Å². The minimum absolute atomic E-state index is 0.158. The van der Waals surface area contributed by atoms with Gasteiger partial charge in [0.25, 0.3) is 0 Å². The van der Waals surface area contributed by atoms with Gasteiger partial charge >= 0.3 is 5.97 Å². The van der Waals surface area contributed by atoms with Crippen LogP contribution in [0.25, 0.3) is 0 Å². The van der Waals surface area contributed by atoms with Gasteiger partial charge in [0.1, 0.15) is 11.3 Å². The summed E-state index contributed by atoms with van der Waals surface area (Å²) in [6, 6.07) is 4.60. The van der Waals surface area contributed by atoms with Crippen molar-refractivity contribution in [2.24, 2.45) is 5.92 Å². The summed E-state index contributed by atoms with van der Waals surface area (Å²) in [6.07, 6.45) is 2.03. The lowest BCUT2D eigenvalue weighted by Crippen LogP contribution is -2.12. The van der Waals surface area contributed by atoms with Gasteiger partial charge in [-0.3, -0.25) is 0 Å². The van der Waals surface area contributed by atoms with Crippen LogP contribution in [0.3, 0.4) is 0 Å². The van der Waals surface area contributed by atoms with E-state index in [0.29, 0.717) is 24.0 Å². The zero-order valence-electron chi connectivity index (χ0n) is 10.3. The molecule has 1 aromatic rings. The Hall–Kier alpha value is -1.71. The highest BCUT2D eigenvalue weighted by molar-refractivity contribution is 5.91. The summed E-state index contributed by atoms with van der Waals surface area (Å²) in [4.78, 5) is 11.0. The molecule has 0 amide bonds. The first kappa shape index (κ1) is 13.4. The highest BCUT2D eigenvalue weighted by Gasteiger charge is 2.13. The summed E-state index contributed by atoms with van der Waals surface area (Å²) < 4.78 is 5.56. The molecule has 0 aromatic heterocycles. The molecule has 0 aliphatic heterocycles. The molecular weight excluding hydrogens is 218 g/mol. The molecule has 0 unspecified atom stereocenters. The molecule has 0 saturated heterocycles. The van der Waals surface area contributed by atoms with Gasteiger partial charge in [-0.1, -0.05) is 26.7 Å². The van der Waals surface area contributed by atoms with Gasteiger partial charge < -0.3 is 15.6 Å². The number of hydrogen-bond donors (Lipinski definition) is 2. The van der Waals surface area contributed by atoms with Crippen molar-refractivity contribution in [2.45, 2.75) is 26.7 Å². The van der Waals surface area contributed by atoms with Crippen LogP contribution in [0, 0.1) is 5.92 Å². The number of aromatic carboxylic acids is 1. The molecule has 0 heterocycles. The Morgan fingerprint density at radius 1 is 1.41 bits per heavy atom. The van der Waals surface area contributed by atoms with E-state index in [9.17, 15) is 4.79 Å². The first-order valence-corrected chi connectivity index (χ1v) is 5.84. The smallest absolute Gasteiger partial charge is 0.339 e. The first-order chi connectivity index (χ1) is 8.08. The zero-order chi connectivity index (χ0) is 12.8. The number of nitrogens with two attached hydrogens (primary N) is 1. The molecule has 17 heavy (non-hydrogen) atoms. The highest BCUT2D eigenvalue weighted by Crippen LogP contribution is 2.23. The summed E-state index contributed by atoms with van der Waals surface area (Å²) in [5.74, 6) is -0.202. The van der Waals surface area contributed by atoms with Crippen LogP contribution in [0.1, 0.15) is 37.0 Å². The predicted molar refractivity (Wildman–Crippen MR) is 67.4 cm³/mol. The average molecular weight is 237 g/mol. The fourth-order valence-corrected chi connectivity index (χ4v) is 1.57. The molecule has 0 aliphatic rings. The molecule has 0 fully saturated rings. The third kappa shape index (κ3) is 3.66. The van der Waals surface area contributed by atoms with Gasteiger partial charge in [-0.2, -0.15) is 0 Å². The van der Waals surface area contributed by atoms with Crippen molar-refractivity contribution < 1.29 is 14.6 Å². The molecule has 0 saturated carbocycles. The van der Waals surface area contributed by atoms with Crippen LogP contribution in [0.15, 0.2) is 18.2 Å². The second-order valence-corrected chi connectivity index (χ2v) is 4.05. The maximum Gasteiger partial charge on any atom is 0.339 e. The number of carbonyl (C=O) groups is 1. The monoisotopic (exact) mass is 237 g/mol. The maximum absolute atomic E-state index is 11.0. The third-order valence-electron chi connectivity index (χ3n) is 2.87. The number of hydrogen-bond acceptors (Lipinski definition) is 3. The van der Waals surface area contributed by atoms with Gasteiger partial charge in [-0.25, -0.2) is 4.79 Å². The molecule has 0 spiro atoms. The SMILES string of the molecule is CCC(CC)COc1cc(N)ccc1C(=O)O. The molecule has 94 valence electrons. The van der Waals surface area contributed by atoms with E-state index >= 15 is 0 Å². The van der Waals surface area contributed by atoms with Gasteiger partial charge in [0.05, 0.1) is 6.61 Å². The molecule has 4 heteroatoms. The summed E-state index contributed by atoms with van der Waals surface area (Å²) >= 11 is 0. The van der Waals surface area contributed by atoms with Crippen LogP contribution >= 0.6 is 0 Å². The molecular formula is C13H19NO3. The van der Waals surface area contributed by atoms with Crippen LogP contribution in [0.2, 0.25) is 0 Å². The van der Waals surface area contributed by atoms with E-state index in [2.05, 4.69) is 13.8 Å². The van der Waals surface area contributed by atoms with E-state index in [1.54, 1.807) is 12.1 Å². The Labute approximate surface area is 101 Å². The van der Waals surface area contributed by atoms with Crippen LogP contribution in [0.5, 0.6) is 5.75 Å². The van der Waals surface area contributed by atoms with Crippen molar-refractivity contribution in [3.05, 3.63) is 23.8 Å². The van der Waals surface area contributed by atoms with Gasteiger partial charge in [0, 0.05) is 11.8 Å². The Kier molecular flexibility index (Phi) is 4.82. The van der Waals surface area contributed by atoms with E-state index in [1.807, 2.05) is 0 Å². The molecule has 0 aliphatic carbocycles. The highest BCUT2D eigenvalue weighted by atomic mass is 16.5. The van der Waals surface area contributed by atoms with Crippen molar-refractivity contribution in [1.29, 1.82) is 0 Å². The number of anilines is 1. The lowest BCUT2D eigenvalue weighted by Gasteiger charge is -2.15. The van der Waals surface area contributed by atoms with E-state index in [1.165, 1.54) is 6.07 Å². The largest absolute Gasteiger partial charge is 0.492 e. The predicted octanol–water partition coefficient (Wildman–Crippen LogP) is 2.78. The van der Waals surface area contributed by atoms with E-state index < -0.39 is 5.97 Å².